The van der Waals surface area contributed by atoms with E-state index < -0.39 is 11.9 Å². The number of hydrogen-bond donors (Lipinski definition) is 3. The number of hydrogen-bond acceptors (Lipinski definition) is 6. The molecule has 8 nitrogen and oxygen atoms in total. The molecule has 2 aliphatic rings. The van der Waals surface area contributed by atoms with Crippen molar-refractivity contribution in [3.05, 3.63) is 40.4 Å². The summed E-state index contributed by atoms with van der Waals surface area (Å²) in [7, 11) is 0. The summed E-state index contributed by atoms with van der Waals surface area (Å²) in [5.41, 5.74) is 8.17. The zero-order valence-electron chi connectivity index (χ0n) is 22.8. The fraction of sp³-hybridized carbons (Fsp3) is 0.586. The second kappa shape index (κ2) is 12.7. The number of amides is 3. The summed E-state index contributed by atoms with van der Waals surface area (Å²) in [6.45, 7) is 6.05. The number of carbonyl (C=O) groups is 3. The van der Waals surface area contributed by atoms with E-state index in [-0.39, 0.29) is 46.1 Å². The molecule has 3 amide bonds. The van der Waals surface area contributed by atoms with Gasteiger partial charge in [0.15, 0.2) is 5.69 Å². The van der Waals surface area contributed by atoms with Gasteiger partial charge >= 0.3 is 0 Å². The summed E-state index contributed by atoms with van der Waals surface area (Å²) in [5.74, 6) is -0.733. The molecule has 206 valence electrons. The lowest BCUT2D eigenvalue weighted by atomic mass is 9.95. The van der Waals surface area contributed by atoms with Gasteiger partial charge in [-0.05, 0) is 74.2 Å². The Bertz CT molecular complexity index is 1130. The minimum atomic E-state index is -0.717. The van der Waals surface area contributed by atoms with Crippen molar-refractivity contribution in [2.75, 3.05) is 10.6 Å². The van der Waals surface area contributed by atoms with Crippen molar-refractivity contribution in [3.8, 4) is 0 Å². The van der Waals surface area contributed by atoms with Crippen molar-refractivity contribution in [1.29, 1.82) is 0 Å². The summed E-state index contributed by atoms with van der Waals surface area (Å²) in [4.78, 5) is 42.6. The second-order valence-corrected chi connectivity index (χ2v) is 12.0. The van der Waals surface area contributed by atoms with Crippen LogP contribution in [0.2, 0.25) is 0 Å². The third-order valence-corrected chi connectivity index (χ3v) is 8.44. The maximum Gasteiger partial charge on any atom is 0.273 e. The smallest absolute Gasteiger partial charge is 0.273 e. The van der Waals surface area contributed by atoms with Crippen LogP contribution >= 0.6 is 11.5 Å². The van der Waals surface area contributed by atoms with Gasteiger partial charge in [0.1, 0.15) is 10.9 Å². The molecule has 2 aromatic rings. The molecule has 0 saturated heterocycles. The topological polar surface area (TPSA) is 117 Å². The summed E-state index contributed by atoms with van der Waals surface area (Å²) in [5, 5.41) is 6.24. The Kier molecular flexibility index (Phi) is 9.41. The van der Waals surface area contributed by atoms with E-state index in [4.69, 9.17) is 5.73 Å². The van der Waals surface area contributed by atoms with E-state index >= 15 is 0 Å². The van der Waals surface area contributed by atoms with E-state index in [1.165, 1.54) is 6.42 Å². The quantitative estimate of drug-likeness (QED) is 0.404. The van der Waals surface area contributed by atoms with E-state index in [9.17, 15) is 14.4 Å². The Hall–Kier alpha value is -2.94. The van der Waals surface area contributed by atoms with E-state index in [2.05, 4.69) is 15.0 Å². The van der Waals surface area contributed by atoms with Gasteiger partial charge in [0.2, 0.25) is 5.91 Å². The monoisotopic (exact) mass is 539 g/mol. The zero-order valence-corrected chi connectivity index (χ0v) is 23.6. The van der Waals surface area contributed by atoms with Crippen LogP contribution in [0.15, 0.2) is 24.3 Å². The largest absolute Gasteiger partial charge is 0.395 e. The minimum Gasteiger partial charge on any atom is -0.395 e. The van der Waals surface area contributed by atoms with Crippen LogP contribution in [-0.4, -0.2) is 40.2 Å². The first-order valence-corrected chi connectivity index (χ1v) is 14.8. The highest BCUT2D eigenvalue weighted by molar-refractivity contribution is 7.09. The Morgan fingerprint density at radius 2 is 1.66 bits per heavy atom. The molecule has 4 rings (SSSR count). The number of nitrogens with zero attached hydrogens (tertiary/aromatic N) is 2. The molecule has 1 aromatic heterocycles. The maximum atomic E-state index is 14.2. The Morgan fingerprint density at radius 1 is 1.03 bits per heavy atom. The first-order chi connectivity index (χ1) is 18.2. The van der Waals surface area contributed by atoms with Crippen LogP contribution in [0.25, 0.3) is 0 Å². The fourth-order valence-electron chi connectivity index (χ4n) is 5.59. The molecule has 0 unspecified atom stereocenters. The van der Waals surface area contributed by atoms with Gasteiger partial charge < -0.3 is 16.4 Å². The second-order valence-electron chi connectivity index (χ2n) is 11.2. The summed E-state index contributed by atoms with van der Waals surface area (Å²) >= 11 is 0.924. The summed E-state index contributed by atoms with van der Waals surface area (Å²) in [6, 6.07) is 7.11. The number of anilines is 2. The predicted octanol–water partition coefficient (Wildman–Crippen LogP) is 5.22. The molecule has 38 heavy (non-hydrogen) atoms. The predicted molar refractivity (Wildman–Crippen MR) is 152 cm³/mol. The number of nitrogens with one attached hydrogen (secondary N) is 2. The third-order valence-electron chi connectivity index (χ3n) is 7.59. The fourth-order valence-corrected chi connectivity index (χ4v) is 6.32. The number of carbonyl (C=O) groups excluding carboxylic acids is 3. The Balaban J connectivity index is 1.65. The van der Waals surface area contributed by atoms with Crippen LogP contribution in [0.3, 0.4) is 0 Å². The van der Waals surface area contributed by atoms with Gasteiger partial charge in [-0.25, -0.2) is 0 Å². The number of rotatable bonds is 9. The number of aromatic nitrogens is 1. The molecular weight excluding hydrogens is 498 g/mol. The van der Waals surface area contributed by atoms with Gasteiger partial charge in [-0.3, -0.25) is 19.3 Å². The maximum absolute atomic E-state index is 14.2. The van der Waals surface area contributed by atoms with Crippen LogP contribution in [0.4, 0.5) is 11.4 Å². The number of nitrogens with two attached hydrogens (primary N) is 1. The molecule has 1 aromatic carbocycles. The molecule has 2 saturated carbocycles. The average Bonchev–Trinajstić information content (AvgIpc) is 3.53. The molecule has 9 heteroatoms. The van der Waals surface area contributed by atoms with E-state index in [0.717, 1.165) is 68.5 Å². The van der Waals surface area contributed by atoms with Crippen LogP contribution in [0.5, 0.6) is 0 Å². The lowest BCUT2D eigenvalue weighted by Gasteiger charge is -2.33. The first-order valence-electron chi connectivity index (χ1n) is 14.0. The molecule has 0 aliphatic heterocycles. The van der Waals surface area contributed by atoms with Crippen molar-refractivity contribution in [2.24, 2.45) is 5.92 Å². The molecule has 0 spiro atoms. The van der Waals surface area contributed by atoms with Crippen LogP contribution in [-0.2, 0) is 4.79 Å². The third kappa shape index (κ3) is 6.73. The number of aryl methyl sites for hydroxylation is 1. The zero-order chi connectivity index (χ0) is 27.2. The van der Waals surface area contributed by atoms with Crippen LogP contribution in [0.1, 0.15) is 104 Å². The molecule has 0 radical (unpaired) electrons. The molecule has 2 aliphatic carbocycles. The highest BCUT2D eigenvalue weighted by atomic mass is 32.1. The summed E-state index contributed by atoms with van der Waals surface area (Å²) in [6.07, 6.45) is 9.86. The molecule has 4 N–H and O–H groups in total. The summed E-state index contributed by atoms with van der Waals surface area (Å²) < 4.78 is 4.30. The SMILES string of the molecule is Cc1cccc(N(C(=O)c2snc(C(=O)NC3CCCCC3)c2N)[C@@H](CC(C)C)C(=O)NC2CCCC2)c1. The highest BCUT2D eigenvalue weighted by Crippen LogP contribution is 2.31. The van der Waals surface area contributed by atoms with Gasteiger partial charge in [-0.2, -0.15) is 4.37 Å². The number of benzene rings is 1. The first kappa shape index (κ1) is 28.1. The van der Waals surface area contributed by atoms with Gasteiger partial charge in [-0.15, -0.1) is 0 Å². The van der Waals surface area contributed by atoms with E-state index in [1.54, 1.807) is 4.90 Å². The van der Waals surface area contributed by atoms with Crippen molar-refractivity contribution >= 4 is 40.6 Å². The van der Waals surface area contributed by atoms with Crippen LogP contribution in [0, 0.1) is 12.8 Å². The normalized spacial score (nSPS) is 17.4. The average molecular weight is 540 g/mol. The molecule has 1 heterocycles. The van der Waals surface area contributed by atoms with Gasteiger partial charge in [0.25, 0.3) is 11.8 Å². The lowest BCUT2D eigenvalue weighted by Crippen LogP contribution is -2.52. The molecular formula is C29H41N5O3S. The van der Waals surface area contributed by atoms with Gasteiger partial charge in [0.05, 0.1) is 5.69 Å². The molecule has 1 atom stereocenters. The Morgan fingerprint density at radius 3 is 2.29 bits per heavy atom. The highest BCUT2D eigenvalue weighted by Gasteiger charge is 2.36. The van der Waals surface area contributed by atoms with Crippen molar-refractivity contribution in [3.63, 3.8) is 0 Å². The van der Waals surface area contributed by atoms with Gasteiger partial charge in [-0.1, -0.05) is 58.1 Å². The minimum absolute atomic E-state index is 0.0745. The van der Waals surface area contributed by atoms with Gasteiger partial charge in [0, 0.05) is 17.8 Å². The molecule has 2 fully saturated rings. The molecule has 0 bridgehead atoms. The van der Waals surface area contributed by atoms with Crippen molar-refractivity contribution in [1.82, 2.24) is 15.0 Å². The lowest BCUT2D eigenvalue weighted by molar-refractivity contribution is -0.123. The number of nitrogen functional groups attached to an aromatic ring is 1. The Labute approximate surface area is 229 Å². The van der Waals surface area contributed by atoms with Crippen molar-refractivity contribution < 1.29 is 14.4 Å². The standard InChI is InChI=1S/C29H41N5O3S/c1-18(2)16-23(27(35)31-20-13-7-8-14-20)34(22-15-9-10-19(3)17-22)29(37)26-24(30)25(33-38-26)28(36)32-21-11-5-4-6-12-21/h9-10,15,17-18,20-21,23H,4-8,11-14,16,30H2,1-3H3,(H,31,35)(H,32,36)/t23-/m0/s1. The van der Waals surface area contributed by atoms with E-state index in [1.807, 2.05) is 45.0 Å². The van der Waals surface area contributed by atoms with Crippen molar-refractivity contribution in [2.45, 2.75) is 103 Å². The van der Waals surface area contributed by atoms with E-state index in [0.29, 0.717) is 12.1 Å². The van der Waals surface area contributed by atoms with Crippen LogP contribution < -0.4 is 21.3 Å².